The number of hydrogen-bond donors (Lipinski definition) is 5. The number of nitrogens with one attached hydrogen (secondary N) is 4. The van der Waals surface area contributed by atoms with E-state index in [1.54, 1.807) is 43.5 Å². The average molecular weight is 770 g/mol. The Morgan fingerprint density at radius 3 is 2.63 bits per heavy atom. The van der Waals surface area contributed by atoms with Crippen molar-refractivity contribution in [2.24, 2.45) is 16.3 Å². The van der Waals surface area contributed by atoms with Crippen molar-refractivity contribution >= 4 is 39.7 Å². The second-order valence-corrected chi connectivity index (χ2v) is 16.3. The Kier molecular flexibility index (Phi) is 13.1. The number of hydrogen-bond acceptors (Lipinski definition) is 6. The van der Waals surface area contributed by atoms with E-state index in [-0.39, 0.29) is 60.3 Å². The average Bonchev–Trinajstić information content (AvgIpc) is 3.58. The quantitative estimate of drug-likeness (QED) is 0.0916. The highest BCUT2D eigenvalue weighted by molar-refractivity contribution is 7.91. The van der Waals surface area contributed by atoms with Crippen LogP contribution in [0.1, 0.15) is 62.3 Å². The van der Waals surface area contributed by atoms with Crippen LogP contribution in [0.5, 0.6) is 11.5 Å². The Bertz CT molecular complexity index is 2000. The Hall–Kier alpha value is -4.40. The number of aliphatic carboxylic acids is 1. The fourth-order valence-corrected chi connectivity index (χ4v) is 8.68. The third-order valence-electron chi connectivity index (χ3n) is 9.95. The van der Waals surface area contributed by atoms with Crippen molar-refractivity contribution in [1.82, 2.24) is 15.6 Å². The van der Waals surface area contributed by atoms with Gasteiger partial charge in [-0.2, -0.15) is 0 Å². The van der Waals surface area contributed by atoms with Crippen LogP contribution >= 0.6 is 0 Å². The van der Waals surface area contributed by atoms with Gasteiger partial charge in [-0.1, -0.05) is 62.6 Å². The van der Waals surface area contributed by atoms with E-state index in [0.717, 1.165) is 6.07 Å². The van der Waals surface area contributed by atoms with Crippen molar-refractivity contribution in [2.45, 2.75) is 64.7 Å². The zero-order valence-corrected chi connectivity index (χ0v) is 31.6. The molecule has 0 saturated heterocycles. The molecule has 5 N–H and O–H groups in total. The lowest BCUT2D eigenvalue weighted by molar-refractivity contribution is -0.141. The molecule has 3 atom stereocenters. The van der Waals surface area contributed by atoms with Crippen LogP contribution in [-0.4, -0.2) is 70.4 Å². The number of rotatable bonds is 8. The first-order valence-electron chi connectivity index (χ1n) is 17.9. The van der Waals surface area contributed by atoms with Gasteiger partial charge in [-0.25, -0.2) is 22.6 Å². The molecule has 4 aromatic rings. The second-order valence-electron chi connectivity index (χ2n) is 14.7. The van der Waals surface area contributed by atoms with E-state index in [4.69, 9.17) is 4.74 Å². The zero-order chi connectivity index (χ0) is 39.2. The van der Waals surface area contributed by atoms with E-state index in [9.17, 15) is 28.6 Å². The van der Waals surface area contributed by atoms with Crippen molar-refractivity contribution in [2.75, 3.05) is 31.6 Å². The molecule has 14 heteroatoms. The van der Waals surface area contributed by atoms with E-state index in [1.807, 2.05) is 13.8 Å². The standard InChI is InChI=1S/C40H47F4N5O4S/c1-24(37(50)51)17-25-7-5-8-26(18-25)40(22-47-21-34(43)44)14-6-13-39(2,3)23-54(52)16-12-29-28-11-15-48-33(28)20-32(42)35(29)53-27-9-10-31(41)30(19-27)36(46-4)49-38(40)45/h5,7-11,15,18-20,24,34,47-48H,6,12-14,16-17,21-23H2,1-4H3,(H,50,51)(H2,45,46,49). The molecule has 1 aromatic heterocycles. The molecule has 1 aliphatic rings. The Morgan fingerprint density at radius 2 is 1.91 bits per heavy atom. The third-order valence-corrected chi connectivity index (χ3v) is 11.7. The number of fused-ring (bicyclic) bond motifs is 5. The predicted molar refractivity (Wildman–Crippen MR) is 205 cm³/mol. The summed E-state index contributed by atoms with van der Waals surface area (Å²) in [6, 6.07) is 14.0. The molecule has 3 unspecified atom stereocenters. The number of aromatic amines is 1. The summed E-state index contributed by atoms with van der Waals surface area (Å²) in [6.07, 6.45) is 0.718. The first-order chi connectivity index (χ1) is 25.6. The molecular formula is C40H47F4N5O4S. The van der Waals surface area contributed by atoms with Crippen LogP contribution < -0.4 is 15.4 Å². The lowest BCUT2D eigenvalue weighted by atomic mass is 9.73. The number of aryl methyl sites for hydroxylation is 1. The minimum absolute atomic E-state index is 0.0459. The highest BCUT2D eigenvalue weighted by Gasteiger charge is 2.39. The van der Waals surface area contributed by atoms with Crippen molar-refractivity contribution < 1.29 is 36.8 Å². The van der Waals surface area contributed by atoms with Gasteiger partial charge < -0.3 is 30.0 Å². The van der Waals surface area contributed by atoms with Gasteiger partial charge in [0, 0.05) is 54.2 Å². The van der Waals surface area contributed by atoms with Crippen molar-refractivity contribution in [1.29, 1.82) is 5.41 Å². The fraction of sp³-hybridized carbons (Fsp3) is 0.425. The van der Waals surface area contributed by atoms with Gasteiger partial charge in [0.2, 0.25) is 0 Å². The number of H-pyrrole nitrogens is 1. The minimum atomic E-state index is -2.68. The zero-order valence-electron chi connectivity index (χ0n) is 30.8. The highest BCUT2D eigenvalue weighted by Crippen LogP contribution is 2.38. The number of amidine groups is 2. The van der Waals surface area contributed by atoms with E-state index in [0.29, 0.717) is 46.2 Å². The largest absolute Gasteiger partial charge is 0.616 e. The number of carboxylic acids is 1. The number of halogens is 4. The summed E-state index contributed by atoms with van der Waals surface area (Å²) in [5, 5.41) is 25.6. The van der Waals surface area contributed by atoms with Gasteiger partial charge in [-0.15, -0.1) is 0 Å². The molecule has 290 valence electrons. The summed E-state index contributed by atoms with van der Waals surface area (Å²) in [4.78, 5) is 19.4. The summed E-state index contributed by atoms with van der Waals surface area (Å²) in [5.74, 6) is -2.78. The maximum absolute atomic E-state index is 15.7. The van der Waals surface area contributed by atoms with Gasteiger partial charge in [0.15, 0.2) is 11.6 Å². The van der Waals surface area contributed by atoms with Crippen LogP contribution in [0.25, 0.3) is 10.9 Å². The van der Waals surface area contributed by atoms with Gasteiger partial charge in [0.1, 0.15) is 34.7 Å². The topological polar surface area (TPSA) is 146 Å². The monoisotopic (exact) mass is 769 g/mol. The summed E-state index contributed by atoms with van der Waals surface area (Å²) in [7, 11) is 1.51. The number of alkyl halides is 2. The van der Waals surface area contributed by atoms with Gasteiger partial charge in [0.05, 0.1) is 23.4 Å². The fourth-order valence-electron chi connectivity index (χ4n) is 7.09. The van der Waals surface area contributed by atoms with Gasteiger partial charge in [-0.05, 0) is 54.7 Å². The lowest BCUT2D eigenvalue weighted by Crippen LogP contribution is -2.46. The van der Waals surface area contributed by atoms with Gasteiger partial charge in [0.25, 0.3) is 6.43 Å². The van der Waals surface area contributed by atoms with Gasteiger partial charge >= 0.3 is 5.97 Å². The minimum Gasteiger partial charge on any atom is -0.616 e. The number of carbonyl (C=O) groups is 1. The first kappa shape index (κ1) is 40.8. The maximum atomic E-state index is 15.7. The van der Waals surface area contributed by atoms with Crippen LogP contribution in [0.4, 0.5) is 17.6 Å². The van der Waals surface area contributed by atoms with Crippen LogP contribution in [0, 0.1) is 28.4 Å². The molecule has 0 saturated carbocycles. The molecule has 0 amide bonds. The first-order valence-corrected chi connectivity index (χ1v) is 19.4. The predicted octanol–water partition coefficient (Wildman–Crippen LogP) is 7.74. The van der Waals surface area contributed by atoms with Crippen LogP contribution in [0.2, 0.25) is 0 Å². The van der Waals surface area contributed by atoms with E-state index >= 15 is 8.78 Å². The van der Waals surface area contributed by atoms with Crippen LogP contribution in [-0.2, 0) is 34.2 Å². The molecule has 1 aliphatic heterocycles. The van der Waals surface area contributed by atoms with Crippen molar-refractivity contribution in [3.05, 3.63) is 94.7 Å². The Morgan fingerprint density at radius 1 is 1.13 bits per heavy atom. The molecule has 5 rings (SSSR count). The number of aromatic nitrogens is 1. The summed E-state index contributed by atoms with van der Waals surface area (Å²) >= 11 is -1.33. The normalized spacial score (nSPS) is 21.3. The molecule has 2 bridgehead atoms. The molecule has 0 spiro atoms. The second kappa shape index (κ2) is 17.4. The smallest absolute Gasteiger partial charge is 0.306 e. The van der Waals surface area contributed by atoms with E-state index < -0.39 is 58.5 Å². The Balaban J connectivity index is 1.68. The highest BCUT2D eigenvalue weighted by atomic mass is 32.2. The number of carboxylic acid groups (broad SMARTS) is 1. The number of benzene rings is 3. The van der Waals surface area contributed by atoms with E-state index in [2.05, 4.69) is 20.6 Å². The summed E-state index contributed by atoms with van der Waals surface area (Å²) in [5.41, 5.74) is 0.441. The molecule has 0 fully saturated rings. The lowest BCUT2D eigenvalue weighted by Gasteiger charge is -2.36. The number of aliphatic imine (C=N–C) groups is 1. The van der Waals surface area contributed by atoms with Crippen molar-refractivity contribution in [3.8, 4) is 11.5 Å². The van der Waals surface area contributed by atoms with Gasteiger partial charge in [-0.3, -0.25) is 10.2 Å². The van der Waals surface area contributed by atoms with Crippen molar-refractivity contribution in [3.63, 3.8) is 0 Å². The molecule has 2 heterocycles. The van der Waals surface area contributed by atoms with E-state index in [1.165, 1.54) is 25.2 Å². The number of ether oxygens (including phenoxy) is 1. The molecule has 0 radical (unpaired) electrons. The molecule has 3 aromatic carbocycles. The Labute approximate surface area is 315 Å². The third kappa shape index (κ3) is 9.63. The molecule has 0 aliphatic carbocycles. The van der Waals surface area contributed by atoms with Crippen LogP contribution in [0.3, 0.4) is 0 Å². The molecular weight excluding hydrogens is 723 g/mol. The van der Waals surface area contributed by atoms with Crippen LogP contribution in [0.15, 0.2) is 65.8 Å². The summed E-state index contributed by atoms with van der Waals surface area (Å²) < 4.78 is 78.3. The summed E-state index contributed by atoms with van der Waals surface area (Å²) in [6.45, 7) is 4.79. The molecule has 9 nitrogen and oxygen atoms in total. The number of nitrogens with zero attached hydrogens (tertiary/aromatic N) is 1. The molecule has 54 heavy (non-hydrogen) atoms. The maximum Gasteiger partial charge on any atom is 0.306 e. The SMILES string of the molecule is CN/C1=N\C(=N)C(CNCC(F)F)(c2cccc(CC(C)C(=O)O)c2)CCCC(C)(C)C[S+]([O-])CCc2c(c(F)cc3[nH]ccc23)Oc2ccc(F)c1c2.